The molecule has 0 radical (unpaired) electrons. The van der Waals surface area contributed by atoms with Gasteiger partial charge in [0.05, 0.1) is 17.8 Å². The number of anilines is 1. The number of pyridine rings is 1. The molecule has 1 aromatic rings. The number of nitriles is 1. The van der Waals surface area contributed by atoms with E-state index in [1.165, 1.54) is 12.8 Å². The highest BCUT2D eigenvalue weighted by atomic mass is 16.5. The van der Waals surface area contributed by atoms with Gasteiger partial charge in [-0.25, -0.2) is 4.98 Å². The highest BCUT2D eigenvalue weighted by Crippen LogP contribution is 2.38. The number of aryl methyl sites for hydroxylation is 1. The molecule has 4 heteroatoms. The van der Waals surface area contributed by atoms with Crippen LogP contribution in [0, 0.1) is 24.2 Å². The highest BCUT2D eigenvalue weighted by molar-refractivity contribution is 5.52. The van der Waals surface area contributed by atoms with Crippen molar-refractivity contribution in [3.63, 3.8) is 0 Å². The molecule has 2 aliphatic rings. The molecule has 2 saturated heterocycles. The molecule has 1 N–H and O–H groups in total. The Morgan fingerprint density at radius 2 is 2.39 bits per heavy atom. The molecule has 3 atom stereocenters. The van der Waals surface area contributed by atoms with E-state index in [0.29, 0.717) is 29.5 Å². The van der Waals surface area contributed by atoms with Crippen LogP contribution in [0.25, 0.3) is 0 Å². The van der Waals surface area contributed by atoms with Crippen LogP contribution in [0.5, 0.6) is 0 Å². The molecule has 2 bridgehead atoms. The van der Waals surface area contributed by atoms with Gasteiger partial charge in [0.15, 0.2) is 0 Å². The predicted octanol–water partition coefficient (Wildman–Crippen LogP) is 2.24. The molecular weight excluding hydrogens is 226 g/mol. The number of hydrogen-bond donors (Lipinski definition) is 1. The van der Waals surface area contributed by atoms with E-state index >= 15 is 0 Å². The molecule has 0 aromatic carbocycles. The zero-order valence-corrected chi connectivity index (χ0v) is 10.5. The van der Waals surface area contributed by atoms with Crippen molar-refractivity contribution in [3.8, 4) is 6.07 Å². The van der Waals surface area contributed by atoms with Gasteiger partial charge in [-0.15, -0.1) is 0 Å². The van der Waals surface area contributed by atoms with Crippen molar-refractivity contribution in [1.82, 2.24) is 4.98 Å². The van der Waals surface area contributed by atoms with Crippen molar-refractivity contribution < 1.29 is 4.74 Å². The molecule has 94 valence electrons. The van der Waals surface area contributed by atoms with Crippen molar-refractivity contribution in [1.29, 1.82) is 5.26 Å². The van der Waals surface area contributed by atoms with Gasteiger partial charge in [0.1, 0.15) is 11.9 Å². The van der Waals surface area contributed by atoms with Crippen LogP contribution in [0.1, 0.15) is 30.5 Å². The third-order valence-electron chi connectivity index (χ3n) is 3.92. The first kappa shape index (κ1) is 11.5. The molecule has 0 spiro atoms. The molecule has 0 saturated carbocycles. The summed E-state index contributed by atoms with van der Waals surface area (Å²) >= 11 is 0. The maximum absolute atomic E-state index is 9.05. The SMILES string of the molecule is Cc1ccc(C#N)c(NCC2CC3CCC2O3)n1. The standard InChI is InChI=1S/C14H17N3O/c1-9-2-3-10(7-15)14(17-9)16-8-11-6-12-4-5-13(11)18-12/h2-3,11-13H,4-6,8H2,1H3,(H,16,17). The van der Waals surface area contributed by atoms with Crippen molar-refractivity contribution in [2.45, 2.75) is 38.4 Å². The second-order valence-corrected chi connectivity index (χ2v) is 5.21. The van der Waals surface area contributed by atoms with Gasteiger partial charge < -0.3 is 10.1 Å². The number of hydrogen-bond acceptors (Lipinski definition) is 4. The lowest BCUT2D eigenvalue weighted by atomic mass is 9.89. The van der Waals surface area contributed by atoms with E-state index in [4.69, 9.17) is 10.00 Å². The Morgan fingerprint density at radius 1 is 1.50 bits per heavy atom. The van der Waals surface area contributed by atoms with Crippen molar-refractivity contribution in [3.05, 3.63) is 23.4 Å². The summed E-state index contributed by atoms with van der Waals surface area (Å²) in [5.41, 5.74) is 1.55. The molecule has 18 heavy (non-hydrogen) atoms. The molecule has 1 aromatic heterocycles. The monoisotopic (exact) mass is 243 g/mol. The largest absolute Gasteiger partial charge is 0.375 e. The normalized spacial score (nSPS) is 29.2. The molecule has 0 aliphatic carbocycles. The van der Waals surface area contributed by atoms with Gasteiger partial charge in [-0.05, 0) is 38.3 Å². The average molecular weight is 243 g/mol. The lowest BCUT2D eigenvalue weighted by Crippen LogP contribution is -2.25. The van der Waals surface area contributed by atoms with Crippen molar-refractivity contribution >= 4 is 5.82 Å². The summed E-state index contributed by atoms with van der Waals surface area (Å²) in [6.07, 6.45) is 4.43. The summed E-state index contributed by atoms with van der Waals surface area (Å²) in [5, 5.41) is 12.4. The van der Waals surface area contributed by atoms with Crippen molar-refractivity contribution in [2.24, 2.45) is 5.92 Å². The van der Waals surface area contributed by atoms with Gasteiger partial charge in [0.25, 0.3) is 0 Å². The van der Waals surface area contributed by atoms with Gasteiger partial charge in [-0.3, -0.25) is 0 Å². The van der Waals surface area contributed by atoms with Gasteiger partial charge in [0.2, 0.25) is 0 Å². The molecule has 2 fully saturated rings. The summed E-state index contributed by atoms with van der Waals surface area (Å²) < 4.78 is 5.83. The molecule has 0 amide bonds. The zero-order chi connectivity index (χ0) is 12.5. The Kier molecular flexibility index (Phi) is 2.92. The molecular formula is C14H17N3O. The number of rotatable bonds is 3. The van der Waals surface area contributed by atoms with E-state index in [1.807, 2.05) is 19.1 Å². The number of nitrogens with one attached hydrogen (secondary N) is 1. The first-order valence-corrected chi connectivity index (χ1v) is 6.53. The van der Waals surface area contributed by atoms with E-state index in [2.05, 4.69) is 16.4 Å². The summed E-state index contributed by atoms with van der Waals surface area (Å²) in [4.78, 5) is 4.39. The van der Waals surface area contributed by atoms with Crippen LogP contribution in [0.2, 0.25) is 0 Å². The Balaban J connectivity index is 1.66. The molecule has 3 rings (SSSR count). The second kappa shape index (κ2) is 4.58. The second-order valence-electron chi connectivity index (χ2n) is 5.21. The average Bonchev–Trinajstić information content (AvgIpc) is 2.98. The number of nitrogens with zero attached hydrogens (tertiary/aromatic N) is 2. The number of fused-ring (bicyclic) bond motifs is 2. The Bertz CT molecular complexity index is 494. The smallest absolute Gasteiger partial charge is 0.144 e. The zero-order valence-electron chi connectivity index (χ0n) is 10.5. The fourth-order valence-electron chi connectivity index (χ4n) is 2.97. The minimum atomic E-state index is 0.415. The Morgan fingerprint density at radius 3 is 3.06 bits per heavy atom. The fourth-order valence-corrected chi connectivity index (χ4v) is 2.97. The van der Waals surface area contributed by atoms with E-state index in [0.717, 1.165) is 18.7 Å². The molecule has 2 aliphatic heterocycles. The van der Waals surface area contributed by atoms with E-state index in [-0.39, 0.29) is 0 Å². The summed E-state index contributed by atoms with van der Waals surface area (Å²) in [7, 11) is 0. The van der Waals surface area contributed by atoms with Crippen LogP contribution in [-0.2, 0) is 4.74 Å². The van der Waals surface area contributed by atoms with Crippen LogP contribution < -0.4 is 5.32 Å². The fraction of sp³-hybridized carbons (Fsp3) is 0.571. The topological polar surface area (TPSA) is 57.9 Å². The minimum absolute atomic E-state index is 0.415. The van der Waals surface area contributed by atoms with Gasteiger partial charge >= 0.3 is 0 Å². The predicted molar refractivity (Wildman–Crippen MR) is 68.2 cm³/mol. The molecule has 4 nitrogen and oxygen atoms in total. The Hall–Kier alpha value is -1.60. The van der Waals surface area contributed by atoms with Gasteiger partial charge in [0, 0.05) is 18.2 Å². The van der Waals surface area contributed by atoms with Gasteiger partial charge in [-0.2, -0.15) is 5.26 Å². The maximum Gasteiger partial charge on any atom is 0.144 e. The van der Waals surface area contributed by atoms with Crippen LogP contribution in [0.15, 0.2) is 12.1 Å². The van der Waals surface area contributed by atoms with Crippen LogP contribution in [-0.4, -0.2) is 23.7 Å². The van der Waals surface area contributed by atoms with E-state index in [9.17, 15) is 0 Å². The van der Waals surface area contributed by atoms with Crippen molar-refractivity contribution in [2.75, 3.05) is 11.9 Å². The van der Waals surface area contributed by atoms with Crippen LogP contribution in [0.3, 0.4) is 0 Å². The lowest BCUT2D eigenvalue weighted by Gasteiger charge is -2.19. The molecule has 3 heterocycles. The van der Waals surface area contributed by atoms with E-state index in [1.54, 1.807) is 0 Å². The number of aromatic nitrogens is 1. The summed E-state index contributed by atoms with van der Waals surface area (Å²) in [5.74, 6) is 1.28. The van der Waals surface area contributed by atoms with Crippen LogP contribution in [0.4, 0.5) is 5.82 Å². The Labute approximate surface area is 107 Å². The van der Waals surface area contributed by atoms with E-state index < -0.39 is 0 Å². The van der Waals surface area contributed by atoms with Crippen LogP contribution >= 0.6 is 0 Å². The minimum Gasteiger partial charge on any atom is -0.375 e. The number of ether oxygens (including phenoxy) is 1. The van der Waals surface area contributed by atoms with Gasteiger partial charge in [-0.1, -0.05) is 0 Å². The summed E-state index contributed by atoms with van der Waals surface area (Å²) in [6.45, 7) is 2.79. The quantitative estimate of drug-likeness (QED) is 0.884. The third kappa shape index (κ3) is 2.06. The first-order valence-electron chi connectivity index (χ1n) is 6.53. The third-order valence-corrected chi connectivity index (χ3v) is 3.92. The lowest BCUT2D eigenvalue weighted by molar-refractivity contribution is 0.0941. The maximum atomic E-state index is 9.05. The summed E-state index contributed by atoms with van der Waals surface area (Å²) in [6, 6.07) is 5.86. The first-order chi connectivity index (χ1) is 8.76. The molecule has 3 unspecified atom stereocenters. The highest BCUT2D eigenvalue weighted by Gasteiger charge is 2.40.